The Bertz CT molecular complexity index is 3110. The van der Waals surface area contributed by atoms with Crippen LogP contribution >= 0.6 is 0 Å². The van der Waals surface area contributed by atoms with Gasteiger partial charge in [0.05, 0.1) is 11.0 Å². The van der Waals surface area contributed by atoms with Crippen molar-refractivity contribution in [1.29, 1.82) is 0 Å². The topological polar surface area (TPSA) is 34.5 Å². The molecule has 234 valence electrons. The lowest BCUT2D eigenvalue weighted by Crippen LogP contribution is -2.10. The quantitative estimate of drug-likeness (QED) is 0.192. The fraction of sp³-hybridized carbons (Fsp3) is 0. The highest BCUT2D eigenvalue weighted by molar-refractivity contribution is 6.13. The molecular formula is C46H28N2O2. The van der Waals surface area contributed by atoms with Crippen LogP contribution in [-0.4, -0.2) is 4.57 Å². The molecule has 11 rings (SSSR count). The number of furan rings is 2. The average molecular weight is 641 g/mol. The molecule has 8 aromatic carbocycles. The number of nitrogens with zero attached hydrogens (tertiary/aromatic N) is 2. The summed E-state index contributed by atoms with van der Waals surface area (Å²) >= 11 is 0. The molecule has 0 saturated carbocycles. The predicted octanol–water partition coefficient (Wildman–Crippen LogP) is 13.2. The second-order valence-corrected chi connectivity index (χ2v) is 13.0. The Balaban J connectivity index is 1.16. The lowest BCUT2D eigenvalue weighted by molar-refractivity contribution is 0.668. The maximum absolute atomic E-state index is 6.41. The Kier molecular flexibility index (Phi) is 5.63. The van der Waals surface area contributed by atoms with Gasteiger partial charge in [-0.25, -0.2) is 0 Å². The van der Waals surface area contributed by atoms with Gasteiger partial charge in [0.2, 0.25) is 0 Å². The second kappa shape index (κ2) is 10.4. The standard InChI is InChI=1S/C46H28N2O2/c1-2-10-31(11-3-1)48-41-15-7-4-12-35(41)39-27-33(21-23-42(39)48)47(34-20-22-38-36-13-5-8-16-43(36)50-46(38)28-34)32-19-18-29-26-45-40(25-30(29)24-32)37-14-6-9-17-44(37)49-45/h1-28H. The van der Waals surface area contributed by atoms with Gasteiger partial charge in [-0.05, 0) is 95.7 Å². The highest BCUT2D eigenvalue weighted by Crippen LogP contribution is 2.43. The average Bonchev–Trinajstić information content (AvgIpc) is 3.83. The molecule has 0 fully saturated rings. The zero-order valence-corrected chi connectivity index (χ0v) is 26.9. The van der Waals surface area contributed by atoms with E-state index in [1.165, 1.54) is 21.8 Å². The minimum Gasteiger partial charge on any atom is -0.456 e. The molecule has 0 radical (unpaired) electrons. The fourth-order valence-corrected chi connectivity index (χ4v) is 7.85. The number of anilines is 3. The number of aromatic nitrogens is 1. The monoisotopic (exact) mass is 640 g/mol. The van der Waals surface area contributed by atoms with Crippen molar-refractivity contribution < 1.29 is 8.83 Å². The number of rotatable bonds is 4. The van der Waals surface area contributed by atoms with Gasteiger partial charge in [-0.15, -0.1) is 0 Å². The van der Waals surface area contributed by atoms with Gasteiger partial charge in [0.15, 0.2) is 0 Å². The van der Waals surface area contributed by atoms with Crippen LogP contribution in [0.3, 0.4) is 0 Å². The van der Waals surface area contributed by atoms with E-state index < -0.39 is 0 Å². The third kappa shape index (κ3) is 3.99. The Morgan fingerprint density at radius 1 is 0.340 bits per heavy atom. The third-order valence-electron chi connectivity index (χ3n) is 10.1. The van der Waals surface area contributed by atoms with E-state index >= 15 is 0 Å². The van der Waals surface area contributed by atoms with Gasteiger partial charge >= 0.3 is 0 Å². The predicted molar refractivity (Wildman–Crippen MR) is 208 cm³/mol. The first-order chi connectivity index (χ1) is 24.8. The molecule has 0 atom stereocenters. The number of hydrogen-bond acceptors (Lipinski definition) is 3. The molecule has 4 nitrogen and oxygen atoms in total. The van der Waals surface area contributed by atoms with E-state index in [0.29, 0.717) is 0 Å². The fourth-order valence-electron chi connectivity index (χ4n) is 7.85. The number of benzene rings is 8. The van der Waals surface area contributed by atoms with Crippen LogP contribution in [-0.2, 0) is 0 Å². The summed E-state index contributed by atoms with van der Waals surface area (Å²) in [7, 11) is 0. The summed E-state index contributed by atoms with van der Waals surface area (Å²) in [6.07, 6.45) is 0. The molecule has 0 aliphatic heterocycles. The molecular weight excluding hydrogens is 613 g/mol. The normalized spacial score (nSPS) is 12.0. The van der Waals surface area contributed by atoms with E-state index in [4.69, 9.17) is 8.83 Å². The van der Waals surface area contributed by atoms with Crippen LogP contribution in [0, 0.1) is 0 Å². The number of para-hydroxylation sites is 4. The molecule has 0 amide bonds. The third-order valence-corrected chi connectivity index (χ3v) is 10.1. The number of hydrogen-bond donors (Lipinski definition) is 0. The summed E-state index contributed by atoms with van der Waals surface area (Å²) in [5.74, 6) is 0. The molecule has 0 N–H and O–H groups in total. The van der Waals surface area contributed by atoms with Crippen LogP contribution in [0.4, 0.5) is 17.1 Å². The molecule has 11 aromatic rings. The molecule has 0 aliphatic rings. The van der Waals surface area contributed by atoms with E-state index in [0.717, 1.165) is 77.4 Å². The highest BCUT2D eigenvalue weighted by Gasteiger charge is 2.19. The van der Waals surface area contributed by atoms with Gasteiger partial charge in [0.25, 0.3) is 0 Å². The van der Waals surface area contributed by atoms with Gasteiger partial charge < -0.3 is 18.3 Å². The molecule has 0 bridgehead atoms. The van der Waals surface area contributed by atoms with Crippen molar-refractivity contribution in [3.05, 3.63) is 170 Å². The van der Waals surface area contributed by atoms with E-state index in [2.05, 4.69) is 155 Å². The van der Waals surface area contributed by atoms with Crippen LogP contribution in [0.15, 0.2) is 179 Å². The zero-order valence-electron chi connectivity index (χ0n) is 26.9. The maximum atomic E-state index is 6.41. The molecule has 3 aromatic heterocycles. The summed E-state index contributed by atoms with van der Waals surface area (Å²) < 4.78 is 15.0. The highest BCUT2D eigenvalue weighted by atomic mass is 16.3. The van der Waals surface area contributed by atoms with Crippen molar-refractivity contribution in [3.63, 3.8) is 0 Å². The van der Waals surface area contributed by atoms with Gasteiger partial charge in [-0.2, -0.15) is 0 Å². The summed E-state index contributed by atoms with van der Waals surface area (Å²) in [5.41, 5.74) is 10.2. The largest absolute Gasteiger partial charge is 0.456 e. The Morgan fingerprint density at radius 3 is 1.74 bits per heavy atom. The first kappa shape index (κ1) is 27.2. The van der Waals surface area contributed by atoms with Gasteiger partial charge in [-0.3, -0.25) is 0 Å². The van der Waals surface area contributed by atoms with E-state index in [-0.39, 0.29) is 0 Å². The van der Waals surface area contributed by atoms with Crippen LogP contribution in [0.5, 0.6) is 0 Å². The van der Waals surface area contributed by atoms with Crippen LogP contribution in [0.2, 0.25) is 0 Å². The SMILES string of the molecule is c1ccc(-n2c3ccccc3c3cc(N(c4ccc5cc6oc7ccccc7c6cc5c4)c4ccc5c(c4)oc4ccccc45)ccc32)cc1. The van der Waals surface area contributed by atoms with E-state index in [9.17, 15) is 0 Å². The summed E-state index contributed by atoms with van der Waals surface area (Å²) in [6.45, 7) is 0. The number of fused-ring (bicyclic) bond motifs is 10. The van der Waals surface area contributed by atoms with Crippen LogP contribution in [0.25, 0.3) is 82.1 Å². The summed E-state index contributed by atoms with van der Waals surface area (Å²) in [6, 6.07) is 60.3. The molecule has 4 heteroatoms. The Morgan fingerprint density at radius 2 is 0.920 bits per heavy atom. The van der Waals surface area contributed by atoms with Gasteiger partial charge in [0, 0.05) is 61.1 Å². The Hall–Kier alpha value is -6.78. The van der Waals surface area contributed by atoms with Crippen molar-refractivity contribution in [1.82, 2.24) is 4.57 Å². The second-order valence-electron chi connectivity index (χ2n) is 13.0. The first-order valence-corrected chi connectivity index (χ1v) is 16.9. The molecule has 0 unspecified atom stereocenters. The van der Waals surface area contributed by atoms with Crippen molar-refractivity contribution >= 4 is 93.5 Å². The molecule has 0 aliphatic carbocycles. The molecule has 0 saturated heterocycles. The van der Waals surface area contributed by atoms with Crippen LogP contribution in [0.1, 0.15) is 0 Å². The summed E-state index contributed by atoms with van der Waals surface area (Å²) in [5, 5.41) is 9.18. The molecule has 0 spiro atoms. The van der Waals surface area contributed by atoms with Gasteiger partial charge in [-0.1, -0.05) is 78.9 Å². The Labute approximate surface area is 286 Å². The van der Waals surface area contributed by atoms with Crippen molar-refractivity contribution in [2.24, 2.45) is 0 Å². The lowest BCUT2D eigenvalue weighted by atomic mass is 10.0. The maximum Gasteiger partial charge on any atom is 0.137 e. The van der Waals surface area contributed by atoms with Gasteiger partial charge in [0.1, 0.15) is 22.3 Å². The first-order valence-electron chi connectivity index (χ1n) is 16.9. The minimum atomic E-state index is 0.864. The van der Waals surface area contributed by atoms with E-state index in [1.54, 1.807) is 0 Å². The smallest absolute Gasteiger partial charge is 0.137 e. The van der Waals surface area contributed by atoms with Crippen molar-refractivity contribution in [2.75, 3.05) is 4.90 Å². The molecule has 50 heavy (non-hydrogen) atoms. The minimum absolute atomic E-state index is 0.864. The van der Waals surface area contributed by atoms with Crippen molar-refractivity contribution in [2.45, 2.75) is 0 Å². The summed E-state index contributed by atoms with van der Waals surface area (Å²) in [4.78, 5) is 2.35. The zero-order chi connectivity index (χ0) is 32.8. The van der Waals surface area contributed by atoms with Crippen molar-refractivity contribution in [3.8, 4) is 5.69 Å². The van der Waals surface area contributed by atoms with Crippen LogP contribution < -0.4 is 4.90 Å². The van der Waals surface area contributed by atoms with E-state index in [1.807, 2.05) is 24.3 Å². The molecule has 3 heterocycles. The lowest BCUT2D eigenvalue weighted by Gasteiger charge is -2.26.